The van der Waals surface area contributed by atoms with Gasteiger partial charge in [-0.2, -0.15) is 5.10 Å². The molecule has 6 rings (SSSR count). The summed E-state index contributed by atoms with van der Waals surface area (Å²) in [6.45, 7) is 0.784. The first-order valence-corrected chi connectivity index (χ1v) is 10.3. The molecule has 29 heavy (non-hydrogen) atoms. The lowest BCUT2D eigenvalue weighted by Gasteiger charge is -2.14. The van der Waals surface area contributed by atoms with Crippen LogP contribution in [0.1, 0.15) is 37.3 Å². The fourth-order valence-corrected chi connectivity index (χ4v) is 4.25. The summed E-state index contributed by atoms with van der Waals surface area (Å²) >= 11 is 6.12. The highest BCUT2D eigenvalue weighted by molar-refractivity contribution is 6.31. The molecule has 1 aromatic carbocycles. The Hall–Kier alpha value is -2.73. The van der Waals surface area contributed by atoms with Gasteiger partial charge in [-0.1, -0.05) is 11.6 Å². The lowest BCUT2D eigenvalue weighted by atomic mass is 10.1. The van der Waals surface area contributed by atoms with Crippen molar-refractivity contribution in [2.75, 3.05) is 0 Å². The van der Waals surface area contributed by atoms with Crippen molar-refractivity contribution in [3.8, 4) is 5.69 Å². The fourth-order valence-electron chi connectivity index (χ4n) is 4.10. The van der Waals surface area contributed by atoms with Crippen molar-refractivity contribution in [2.45, 2.75) is 38.1 Å². The lowest BCUT2D eigenvalue weighted by Crippen LogP contribution is -2.21. The monoisotopic (exact) mass is 408 g/mol. The largest absolute Gasteiger partial charge is 0.284 e. The maximum absolute atomic E-state index is 14.4. The Labute approximate surface area is 170 Å². The summed E-state index contributed by atoms with van der Waals surface area (Å²) in [5.41, 5.74) is 2.33. The van der Waals surface area contributed by atoms with Crippen LogP contribution in [-0.2, 0) is 6.54 Å². The number of nitrogens with zero attached hydrogens (tertiary/aromatic N) is 4. The van der Waals surface area contributed by atoms with E-state index in [9.17, 15) is 9.18 Å². The van der Waals surface area contributed by atoms with Gasteiger partial charge in [0, 0.05) is 35.6 Å². The Morgan fingerprint density at radius 1 is 1.17 bits per heavy atom. The summed E-state index contributed by atoms with van der Waals surface area (Å²) in [6, 6.07) is 6.66. The van der Waals surface area contributed by atoms with Crippen molar-refractivity contribution >= 4 is 33.4 Å². The van der Waals surface area contributed by atoms with Crippen LogP contribution < -0.4 is 5.56 Å². The highest BCUT2D eigenvalue weighted by atomic mass is 35.5. The van der Waals surface area contributed by atoms with E-state index in [1.165, 1.54) is 25.0 Å². The van der Waals surface area contributed by atoms with Gasteiger partial charge in [-0.15, -0.1) is 0 Å². The Bertz CT molecular complexity index is 1350. The Morgan fingerprint density at radius 3 is 2.76 bits per heavy atom. The summed E-state index contributed by atoms with van der Waals surface area (Å²) in [5, 5.41) is 5.87. The highest BCUT2D eigenvalue weighted by Crippen LogP contribution is 2.42. The quantitative estimate of drug-likeness (QED) is 0.486. The van der Waals surface area contributed by atoms with Crippen molar-refractivity contribution < 1.29 is 4.39 Å². The third kappa shape index (κ3) is 2.77. The molecular formula is C22H18ClFN4O. The van der Waals surface area contributed by atoms with Crippen molar-refractivity contribution in [2.24, 2.45) is 5.92 Å². The molecular weight excluding hydrogens is 391 g/mol. The van der Waals surface area contributed by atoms with Crippen LogP contribution in [0.2, 0.25) is 5.02 Å². The maximum atomic E-state index is 14.4. The Balaban J connectivity index is 1.72. The molecule has 0 amide bonds. The van der Waals surface area contributed by atoms with Crippen molar-refractivity contribution in [1.29, 1.82) is 0 Å². The molecule has 0 spiro atoms. The SMILES string of the molecule is O=c1c2nn(CC3CC3)cc2c2cc(F)c(Cl)cc2n1-c1cccnc1C1CC1. The van der Waals surface area contributed by atoms with Gasteiger partial charge >= 0.3 is 0 Å². The summed E-state index contributed by atoms with van der Waals surface area (Å²) in [7, 11) is 0. The minimum atomic E-state index is -0.505. The zero-order valence-electron chi connectivity index (χ0n) is 15.6. The van der Waals surface area contributed by atoms with Gasteiger partial charge in [0.25, 0.3) is 5.56 Å². The molecule has 2 saturated carbocycles. The van der Waals surface area contributed by atoms with Crippen LogP contribution in [0.15, 0.2) is 41.5 Å². The van der Waals surface area contributed by atoms with Crippen LogP contribution in [0.3, 0.4) is 0 Å². The van der Waals surface area contributed by atoms with Gasteiger partial charge in [-0.25, -0.2) is 4.39 Å². The van der Waals surface area contributed by atoms with Gasteiger partial charge in [0.1, 0.15) is 5.82 Å². The van der Waals surface area contributed by atoms with Crippen LogP contribution in [0, 0.1) is 11.7 Å². The minimum absolute atomic E-state index is 0.00719. The van der Waals surface area contributed by atoms with E-state index in [0.29, 0.717) is 33.6 Å². The first kappa shape index (κ1) is 17.2. The van der Waals surface area contributed by atoms with E-state index in [-0.39, 0.29) is 10.6 Å². The molecule has 0 saturated heterocycles. The van der Waals surface area contributed by atoms with Crippen LogP contribution in [0.4, 0.5) is 4.39 Å². The number of halogens is 2. The van der Waals surface area contributed by atoms with Crippen molar-refractivity contribution in [3.05, 3.63) is 63.5 Å². The first-order chi connectivity index (χ1) is 14.1. The van der Waals surface area contributed by atoms with Gasteiger partial charge in [-0.3, -0.25) is 19.0 Å². The van der Waals surface area contributed by atoms with Gasteiger partial charge in [0.2, 0.25) is 0 Å². The predicted molar refractivity (Wildman–Crippen MR) is 110 cm³/mol. The number of pyridine rings is 2. The minimum Gasteiger partial charge on any atom is -0.273 e. The molecule has 2 aliphatic rings. The fraction of sp³-hybridized carbons (Fsp3) is 0.318. The van der Waals surface area contributed by atoms with E-state index in [1.54, 1.807) is 10.8 Å². The smallest absolute Gasteiger partial charge is 0.273 e. The highest BCUT2D eigenvalue weighted by Gasteiger charge is 2.29. The molecule has 5 nitrogen and oxygen atoms in total. The zero-order chi connectivity index (χ0) is 19.7. The molecule has 2 fully saturated rings. The number of hydrogen-bond acceptors (Lipinski definition) is 3. The number of aromatic nitrogens is 4. The summed E-state index contributed by atoms with van der Waals surface area (Å²) in [4.78, 5) is 18.1. The molecule has 7 heteroatoms. The van der Waals surface area contributed by atoms with E-state index >= 15 is 0 Å². The van der Waals surface area contributed by atoms with E-state index in [0.717, 1.165) is 30.8 Å². The normalized spacial score (nSPS) is 16.8. The number of hydrogen-bond donors (Lipinski definition) is 0. The second-order valence-electron chi connectivity index (χ2n) is 8.16. The Morgan fingerprint density at radius 2 is 2.00 bits per heavy atom. The summed E-state index contributed by atoms with van der Waals surface area (Å²) in [6.07, 6.45) is 8.10. The second kappa shape index (κ2) is 6.13. The molecule has 3 heterocycles. The first-order valence-electron chi connectivity index (χ1n) is 9.96. The van der Waals surface area contributed by atoms with Crippen LogP contribution in [0.25, 0.3) is 27.5 Å². The molecule has 3 aromatic heterocycles. The molecule has 0 unspecified atom stereocenters. The second-order valence-corrected chi connectivity index (χ2v) is 8.57. The molecule has 0 aliphatic heterocycles. The molecule has 146 valence electrons. The van der Waals surface area contributed by atoms with Gasteiger partial charge in [0.15, 0.2) is 5.52 Å². The molecule has 0 N–H and O–H groups in total. The number of rotatable bonds is 4. The molecule has 0 radical (unpaired) electrons. The molecule has 2 aliphatic carbocycles. The molecule has 4 aromatic rings. The van der Waals surface area contributed by atoms with E-state index < -0.39 is 5.82 Å². The summed E-state index contributed by atoms with van der Waals surface area (Å²) < 4.78 is 17.8. The van der Waals surface area contributed by atoms with Crippen LogP contribution in [-0.4, -0.2) is 19.3 Å². The maximum Gasteiger partial charge on any atom is 0.284 e. The lowest BCUT2D eigenvalue weighted by molar-refractivity contribution is 0.567. The van der Waals surface area contributed by atoms with Crippen LogP contribution >= 0.6 is 11.6 Å². The third-order valence-corrected chi connectivity index (χ3v) is 6.19. The van der Waals surface area contributed by atoms with Crippen molar-refractivity contribution in [3.63, 3.8) is 0 Å². The molecule has 0 atom stereocenters. The van der Waals surface area contributed by atoms with Gasteiger partial charge < -0.3 is 0 Å². The zero-order valence-corrected chi connectivity index (χ0v) is 16.4. The molecule has 0 bridgehead atoms. The third-order valence-electron chi connectivity index (χ3n) is 5.90. The van der Waals surface area contributed by atoms with Crippen LogP contribution in [0.5, 0.6) is 0 Å². The van der Waals surface area contributed by atoms with E-state index in [2.05, 4.69) is 10.1 Å². The van der Waals surface area contributed by atoms with E-state index in [1.807, 2.05) is 23.0 Å². The number of benzene rings is 1. The summed E-state index contributed by atoms with van der Waals surface area (Å²) in [5.74, 6) is 0.463. The Kier molecular flexibility index (Phi) is 3.63. The van der Waals surface area contributed by atoms with Crippen molar-refractivity contribution in [1.82, 2.24) is 19.3 Å². The van der Waals surface area contributed by atoms with Gasteiger partial charge in [-0.05, 0) is 55.9 Å². The predicted octanol–water partition coefficient (Wildman–Crippen LogP) is 4.82. The average Bonchev–Trinajstić information content (AvgIpc) is 3.63. The van der Waals surface area contributed by atoms with Gasteiger partial charge in [0.05, 0.1) is 21.9 Å². The topological polar surface area (TPSA) is 52.7 Å². The van der Waals surface area contributed by atoms with E-state index in [4.69, 9.17) is 11.6 Å². The average molecular weight is 409 g/mol. The standard InChI is InChI=1S/C22H18ClFN4O/c23-16-9-19-14(8-17(16)24)15-11-27(10-12-3-4-12)26-21(15)22(29)28(19)18-2-1-7-25-20(18)13-5-6-13/h1-2,7-9,11-13H,3-6,10H2. The number of fused-ring (bicyclic) bond motifs is 3.